The Bertz CT molecular complexity index is 941. The molecule has 2 aromatic rings. The van der Waals surface area contributed by atoms with Gasteiger partial charge in [-0.1, -0.05) is 12.1 Å². The zero-order valence-corrected chi connectivity index (χ0v) is 14.8. The maximum Gasteiger partial charge on any atom is 0.311 e. The number of ether oxygens (including phenoxy) is 1. The van der Waals surface area contributed by atoms with Crippen LogP contribution in [0.4, 0.5) is 5.69 Å². The molecule has 26 heavy (non-hydrogen) atoms. The van der Waals surface area contributed by atoms with E-state index in [1.807, 2.05) is 0 Å². The van der Waals surface area contributed by atoms with Crippen LogP contribution in [0.3, 0.4) is 0 Å². The quantitative estimate of drug-likeness (QED) is 0.578. The summed E-state index contributed by atoms with van der Waals surface area (Å²) in [5.41, 5.74) is 0.435. The molecule has 0 aliphatic carbocycles. The molecule has 0 aromatic heterocycles. The molecule has 1 amide bonds. The van der Waals surface area contributed by atoms with E-state index in [-0.39, 0.29) is 21.9 Å². The van der Waals surface area contributed by atoms with E-state index < -0.39 is 26.9 Å². The highest BCUT2D eigenvalue weighted by Crippen LogP contribution is 2.27. The molecule has 1 atom stereocenters. The van der Waals surface area contributed by atoms with Gasteiger partial charge in [-0.05, 0) is 36.8 Å². The van der Waals surface area contributed by atoms with Crippen molar-refractivity contribution >= 4 is 21.6 Å². The molecule has 138 valence electrons. The Balaban J connectivity index is 2.19. The molecule has 0 saturated heterocycles. The third-order valence-corrected chi connectivity index (χ3v) is 4.62. The number of hydrogen-bond donors (Lipinski definition) is 2. The van der Waals surface area contributed by atoms with Crippen molar-refractivity contribution < 1.29 is 22.9 Å². The minimum Gasteiger partial charge on any atom is -0.490 e. The molecule has 0 bridgehead atoms. The van der Waals surface area contributed by atoms with Crippen molar-refractivity contribution in [1.82, 2.24) is 5.32 Å². The number of hydrogen-bond acceptors (Lipinski definition) is 6. The fraction of sp³-hybridized carbons (Fsp3) is 0.188. The Morgan fingerprint density at radius 2 is 1.85 bits per heavy atom. The van der Waals surface area contributed by atoms with Gasteiger partial charge in [-0.2, -0.15) is 0 Å². The number of benzene rings is 2. The molecule has 2 aromatic carbocycles. The van der Waals surface area contributed by atoms with Gasteiger partial charge in [-0.15, -0.1) is 0 Å². The fourth-order valence-electron chi connectivity index (χ4n) is 2.28. The van der Waals surface area contributed by atoms with Crippen LogP contribution >= 0.6 is 0 Å². The minimum atomic E-state index is -3.79. The summed E-state index contributed by atoms with van der Waals surface area (Å²) in [5.74, 6) is -0.461. The van der Waals surface area contributed by atoms with Gasteiger partial charge >= 0.3 is 5.69 Å². The van der Waals surface area contributed by atoms with Gasteiger partial charge in [0.05, 0.1) is 23.0 Å². The fourth-order valence-corrected chi connectivity index (χ4v) is 2.80. The molecule has 0 saturated carbocycles. The molecule has 0 fully saturated rings. The number of rotatable bonds is 6. The van der Waals surface area contributed by atoms with E-state index in [0.29, 0.717) is 5.56 Å². The number of nitrogens with two attached hydrogens (primary N) is 1. The van der Waals surface area contributed by atoms with E-state index in [4.69, 9.17) is 9.88 Å². The second-order valence-corrected chi connectivity index (χ2v) is 7.01. The number of nitro benzene ring substituents is 1. The van der Waals surface area contributed by atoms with E-state index in [9.17, 15) is 23.3 Å². The SMILES string of the molecule is COc1ccc(C(=O)NC(C)c2ccc(S(N)(=O)=O)cc2)cc1[N+](=O)[O-]. The molecule has 10 heteroatoms. The summed E-state index contributed by atoms with van der Waals surface area (Å²) in [6.45, 7) is 1.70. The molecule has 0 aliphatic rings. The largest absolute Gasteiger partial charge is 0.490 e. The lowest BCUT2D eigenvalue weighted by Crippen LogP contribution is -2.26. The Morgan fingerprint density at radius 1 is 1.23 bits per heavy atom. The minimum absolute atomic E-state index is 0.0365. The van der Waals surface area contributed by atoms with Crippen molar-refractivity contribution in [3.63, 3.8) is 0 Å². The molecule has 3 N–H and O–H groups in total. The highest BCUT2D eigenvalue weighted by molar-refractivity contribution is 7.89. The molecule has 0 radical (unpaired) electrons. The van der Waals surface area contributed by atoms with Crippen molar-refractivity contribution in [2.24, 2.45) is 5.14 Å². The van der Waals surface area contributed by atoms with E-state index in [1.54, 1.807) is 6.92 Å². The van der Waals surface area contributed by atoms with Gasteiger partial charge < -0.3 is 10.1 Å². The van der Waals surface area contributed by atoms with Crippen molar-refractivity contribution in [3.8, 4) is 5.75 Å². The normalized spacial score (nSPS) is 12.3. The first-order chi connectivity index (χ1) is 12.1. The van der Waals surface area contributed by atoms with Crippen molar-refractivity contribution in [3.05, 3.63) is 63.7 Å². The standard InChI is InChI=1S/C16H17N3O6S/c1-10(11-3-6-13(7-4-11)26(17,23)24)18-16(20)12-5-8-15(25-2)14(9-12)19(21)22/h3-10H,1-2H3,(H,18,20)(H2,17,23,24). The van der Waals surface area contributed by atoms with Crippen LogP contribution in [0.5, 0.6) is 5.75 Å². The molecule has 2 rings (SSSR count). The van der Waals surface area contributed by atoms with Gasteiger partial charge in [0.25, 0.3) is 5.91 Å². The molecule has 1 unspecified atom stereocenters. The van der Waals surface area contributed by atoms with Gasteiger partial charge in [-0.25, -0.2) is 13.6 Å². The van der Waals surface area contributed by atoms with Crippen LogP contribution in [0.2, 0.25) is 0 Å². The lowest BCUT2D eigenvalue weighted by atomic mass is 10.1. The lowest BCUT2D eigenvalue weighted by molar-refractivity contribution is -0.385. The van der Waals surface area contributed by atoms with Crippen LogP contribution in [0.25, 0.3) is 0 Å². The number of primary sulfonamides is 1. The summed E-state index contributed by atoms with van der Waals surface area (Å²) < 4.78 is 27.4. The van der Waals surface area contributed by atoms with Gasteiger partial charge in [0, 0.05) is 11.6 Å². The topological polar surface area (TPSA) is 142 Å². The first-order valence-electron chi connectivity index (χ1n) is 7.39. The van der Waals surface area contributed by atoms with E-state index >= 15 is 0 Å². The number of carbonyl (C=O) groups excluding carboxylic acids is 1. The van der Waals surface area contributed by atoms with Crippen molar-refractivity contribution in [2.75, 3.05) is 7.11 Å². The number of nitro groups is 1. The summed E-state index contributed by atoms with van der Waals surface area (Å²) in [6, 6.07) is 9.17. The summed E-state index contributed by atoms with van der Waals surface area (Å²) in [7, 11) is -2.49. The summed E-state index contributed by atoms with van der Waals surface area (Å²) in [5, 5.41) is 18.8. The summed E-state index contributed by atoms with van der Waals surface area (Å²) in [6.07, 6.45) is 0. The number of methoxy groups -OCH3 is 1. The number of carbonyl (C=O) groups is 1. The average Bonchev–Trinajstić information content (AvgIpc) is 2.60. The van der Waals surface area contributed by atoms with Gasteiger partial charge in [0.2, 0.25) is 10.0 Å². The van der Waals surface area contributed by atoms with Crippen LogP contribution < -0.4 is 15.2 Å². The first-order valence-corrected chi connectivity index (χ1v) is 8.94. The third-order valence-electron chi connectivity index (χ3n) is 3.69. The maximum absolute atomic E-state index is 12.3. The molecule has 0 spiro atoms. The number of amides is 1. The van der Waals surface area contributed by atoms with Crippen LogP contribution in [0, 0.1) is 10.1 Å². The maximum atomic E-state index is 12.3. The van der Waals surface area contributed by atoms with Gasteiger partial charge in [0.15, 0.2) is 5.75 Å². The predicted octanol–water partition coefficient (Wildman–Crippen LogP) is 1.74. The van der Waals surface area contributed by atoms with Crippen LogP contribution in [0.1, 0.15) is 28.9 Å². The van der Waals surface area contributed by atoms with Crippen LogP contribution in [-0.4, -0.2) is 26.4 Å². The smallest absolute Gasteiger partial charge is 0.311 e. The highest BCUT2D eigenvalue weighted by Gasteiger charge is 2.19. The summed E-state index contributed by atoms with van der Waals surface area (Å²) >= 11 is 0. The Labute approximate surface area is 150 Å². The zero-order valence-electron chi connectivity index (χ0n) is 14.0. The molecule has 9 nitrogen and oxygen atoms in total. The molecule has 0 aliphatic heterocycles. The highest BCUT2D eigenvalue weighted by atomic mass is 32.2. The molecular weight excluding hydrogens is 362 g/mol. The van der Waals surface area contributed by atoms with E-state index in [2.05, 4.69) is 5.32 Å². The van der Waals surface area contributed by atoms with Crippen molar-refractivity contribution in [2.45, 2.75) is 17.9 Å². The number of nitrogens with one attached hydrogen (secondary N) is 1. The third kappa shape index (κ3) is 4.35. The molecular formula is C16H17N3O6S. The Kier molecular flexibility index (Phi) is 5.58. The number of nitrogens with zero attached hydrogens (tertiary/aromatic N) is 1. The van der Waals surface area contributed by atoms with Crippen LogP contribution in [0.15, 0.2) is 47.4 Å². The lowest BCUT2D eigenvalue weighted by Gasteiger charge is -2.15. The zero-order chi connectivity index (χ0) is 19.5. The van der Waals surface area contributed by atoms with Gasteiger partial charge in [-0.3, -0.25) is 14.9 Å². The molecule has 0 heterocycles. The average molecular weight is 379 g/mol. The Morgan fingerprint density at radius 3 is 2.35 bits per heavy atom. The monoisotopic (exact) mass is 379 g/mol. The van der Waals surface area contributed by atoms with Crippen molar-refractivity contribution in [1.29, 1.82) is 0 Å². The Hall–Kier alpha value is -2.98. The second-order valence-electron chi connectivity index (χ2n) is 5.45. The number of sulfonamides is 1. The first kappa shape index (κ1) is 19.3. The summed E-state index contributed by atoms with van der Waals surface area (Å²) in [4.78, 5) is 22.7. The van der Waals surface area contributed by atoms with E-state index in [1.165, 1.54) is 43.5 Å². The second kappa shape index (κ2) is 7.50. The van der Waals surface area contributed by atoms with Crippen LogP contribution in [-0.2, 0) is 10.0 Å². The van der Waals surface area contributed by atoms with Gasteiger partial charge in [0.1, 0.15) is 0 Å². The predicted molar refractivity (Wildman–Crippen MR) is 93.3 cm³/mol. The van der Waals surface area contributed by atoms with E-state index in [0.717, 1.165) is 6.07 Å².